The molecule has 1 atom stereocenters. The van der Waals surface area contributed by atoms with E-state index in [0.717, 1.165) is 32.2 Å². The maximum atomic E-state index is 5.62. The summed E-state index contributed by atoms with van der Waals surface area (Å²) in [5.74, 6) is 0.712. The molecule has 0 aromatic carbocycles. The van der Waals surface area contributed by atoms with Gasteiger partial charge in [0.15, 0.2) is 0 Å². The SMILES string of the molecule is CCCOCCC(C)(CNC1CC1)C(C)C. The standard InChI is InChI=1S/C14H29NO/c1-5-9-16-10-8-14(4,12(2)3)11-15-13-6-7-13/h12-13,15H,5-11H2,1-4H3. The fraction of sp³-hybridized carbons (Fsp3) is 1.00. The maximum Gasteiger partial charge on any atom is 0.0471 e. The van der Waals surface area contributed by atoms with Crippen LogP contribution in [0, 0.1) is 11.3 Å². The largest absolute Gasteiger partial charge is 0.381 e. The molecule has 16 heavy (non-hydrogen) atoms. The summed E-state index contributed by atoms with van der Waals surface area (Å²) in [6, 6.07) is 0.814. The fourth-order valence-corrected chi connectivity index (χ4v) is 1.80. The van der Waals surface area contributed by atoms with Gasteiger partial charge >= 0.3 is 0 Å². The molecule has 1 saturated carbocycles. The average Bonchev–Trinajstić information content (AvgIpc) is 3.05. The Balaban J connectivity index is 2.24. The van der Waals surface area contributed by atoms with Crippen LogP contribution >= 0.6 is 0 Å². The third-order valence-electron chi connectivity index (χ3n) is 3.93. The van der Waals surface area contributed by atoms with Crippen LogP contribution in [0.4, 0.5) is 0 Å². The highest BCUT2D eigenvalue weighted by Gasteiger charge is 2.30. The van der Waals surface area contributed by atoms with E-state index >= 15 is 0 Å². The van der Waals surface area contributed by atoms with Crippen LogP contribution in [0.15, 0.2) is 0 Å². The zero-order chi connectivity index (χ0) is 12.0. The van der Waals surface area contributed by atoms with Crippen LogP contribution in [0.2, 0.25) is 0 Å². The third kappa shape index (κ3) is 4.84. The minimum absolute atomic E-state index is 0.385. The molecular formula is C14H29NO. The van der Waals surface area contributed by atoms with Gasteiger partial charge in [-0.15, -0.1) is 0 Å². The van der Waals surface area contributed by atoms with Crippen molar-refractivity contribution in [2.75, 3.05) is 19.8 Å². The van der Waals surface area contributed by atoms with E-state index in [1.54, 1.807) is 0 Å². The highest BCUT2D eigenvalue weighted by atomic mass is 16.5. The van der Waals surface area contributed by atoms with Gasteiger partial charge in [-0.2, -0.15) is 0 Å². The van der Waals surface area contributed by atoms with Gasteiger partial charge in [0, 0.05) is 25.8 Å². The van der Waals surface area contributed by atoms with Crippen molar-refractivity contribution in [3.63, 3.8) is 0 Å². The molecule has 96 valence electrons. The third-order valence-corrected chi connectivity index (χ3v) is 3.93. The van der Waals surface area contributed by atoms with Gasteiger partial charge in [-0.25, -0.2) is 0 Å². The van der Waals surface area contributed by atoms with Gasteiger partial charge in [0.1, 0.15) is 0 Å². The van der Waals surface area contributed by atoms with Crippen LogP contribution < -0.4 is 5.32 Å². The summed E-state index contributed by atoms with van der Waals surface area (Å²) >= 11 is 0. The molecule has 0 heterocycles. The van der Waals surface area contributed by atoms with E-state index in [2.05, 4.69) is 33.0 Å². The monoisotopic (exact) mass is 227 g/mol. The van der Waals surface area contributed by atoms with Crippen molar-refractivity contribution < 1.29 is 4.74 Å². The molecule has 1 rings (SSSR count). The summed E-state index contributed by atoms with van der Waals surface area (Å²) in [4.78, 5) is 0. The van der Waals surface area contributed by atoms with Crippen LogP contribution in [0.25, 0.3) is 0 Å². The minimum Gasteiger partial charge on any atom is -0.381 e. The Bertz CT molecular complexity index is 189. The number of hydrogen-bond acceptors (Lipinski definition) is 2. The fourth-order valence-electron chi connectivity index (χ4n) is 1.80. The second-order valence-electron chi connectivity index (χ2n) is 5.83. The first-order chi connectivity index (χ1) is 7.58. The van der Waals surface area contributed by atoms with Crippen LogP contribution in [0.3, 0.4) is 0 Å². The highest BCUT2D eigenvalue weighted by Crippen LogP contribution is 2.31. The lowest BCUT2D eigenvalue weighted by Gasteiger charge is -2.34. The van der Waals surface area contributed by atoms with Crippen LogP contribution in [0.5, 0.6) is 0 Å². The summed E-state index contributed by atoms with van der Waals surface area (Å²) in [5, 5.41) is 3.66. The molecule has 1 aliphatic rings. The Kier molecular flexibility index (Phi) is 5.77. The molecule has 2 heteroatoms. The molecule has 0 amide bonds. The summed E-state index contributed by atoms with van der Waals surface area (Å²) in [6.45, 7) is 12.2. The van der Waals surface area contributed by atoms with Crippen LogP contribution in [0.1, 0.15) is 53.4 Å². The summed E-state index contributed by atoms with van der Waals surface area (Å²) in [7, 11) is 0. The van der Waals surface area contributed by atoms with E-state index < -0.39 is 0 Å². The second kappa shape index (κ2) is 6.61. The van der Waals surface area contributed by atoms with E-state index in [-0.39, 0.29) is 0 Å². The molecule has 1 fully saturated rings. The van der Waals surface area contributed by atoms with E-state index in [9.17, 15) is 0 Å². The highest BCUT2D eigenvalue weighted by molar-refractivity contribution is 4.87. The van der Waals surface area contributed by atoms with Gasteiger partial charge in [0.25, 0.3) is 0 Å². The van der Waals surface area contributed by atoms with Gasteiger partial charge in [-0.1, -0.05) is 27.7 Å². The van der Waals surface area contributed by atoms with Crippen LogP contribution in [-0.2, 0) is 4.74 Å². The molecule has 0 saturated heterocycles. The number of hydrogen-bond donors (Lipinski definition) is 1. The Morgan fingerprint density at radius 2 is 2.00 bits per heavy atom. The van der Waals surface area contributed by atoms with E-state index in [1.165, 1.54) is 19.3 Å². The Labute approximate surface area is 101 Å². The smallest absolute Gasteiger partial charge is 0.0471 e. The number of nitrogens with one attached hydrogen (secondary N) is 1. The van der Waals surface area contributed by atoms with Gasteiger partial charge in [0.2, 0.25) is 0 Å². The second-order valence-corrected chi connectivity index (χ2v) is 5.83. The minimum atomic E-state index is 0.385. The summed E-state index contributed by atoms with van der Waals surface area (Å²) in [6.07, 6.45) is 5.05. The van der Waals surface area contributed by atoms with Crippen molar-refractivity contribution in [2.24, 2.45) is 11.3 Å². The Morgan fingerprint density at radius 3 is 2.50 bits per heavy atom. The van der Waals surface area contributed by atoms with E-state index in [0.29, 0.717) is 11.3 Å². The lowest BCUT2D eigenvalue weighted by Crippen LogP contribution is -2.38. The molecule has 0 aliphatic heterocycles. The molecule has 0 aromatic rings. The van der Waals surface area contributed by atoms with Crippen molar-refractivity contribution in [1.82, 2.24) is 5.32 Å². The molecule has 0 bridgehead atoms. The molecule has 2 nitrogen and oxygen atoms in total. The van der Waals surface area contributed by atoms with Crippen molar-refractivity contribution in [3.05, 3.63) is 0 Å². The van der Waals surface area contributed by atoms with Gasteiger partial charge in [-0.3, -0.25) is 0 Å². The lowest BCUT2D eigenvalue weighted by molar-refractivity contribution is 0.0792. The molecule has 1 N–H and O–H groups in total. The first-order valence-electron chi connectivity index (χ1n) is 6.89. The molecule has 0 radical (unpaired) electrons. The van der Waals surface area contributed by atoms with Gasteiger partial charge in [-0.05, 0) is 37.0 Å². The van der Waals surface area contributed by atoms with Gasteiger partial charge < -0.3 is 10.1 Å². The zero-order valence-corrected chi connectivity index (χ0v) is 11.5. The molecule has 0 aromatic heterocycles. The van der Waals surface area contributed by atoms with Crippen LogP contribution in [-0.4, -0.2) is 25.8 Å². The summed E-state index contributed by atoms with van der Waals surface area (Å²) < 4.78 is 5.62. The van der Waals surface area contributed by atoms with E-state index in [4.69, 9.17) is 4.74 Å². The quantitative estimate of drug-likeness (QED) is 0.611. The first kappa shape index (κ1) is 14.0. The first-order valence-corrected chi connectivity index (χ1v) is 6.89. The predicted octanol–water partition coefficient (Wildman–Crippen LogP) is 3.22. The molecular weight excluding hydrogens is 198 g/mol. The Hall–Kier alpha value is -0.0800. The maximum absolute atomic E-state index is 5.62. The normalized spacial score (nSPS) is 20.1. The summed E-state index contributed by atoms with van der Waals surface area (Å²) in [5.41, 5.74) is 0.385. The lowest BCUT2D eigenvalue weighted by atomic mass is 9.76. The topological polar surface area (TPSA) is 21.3 Å². The number of rotatable bonds is 9. The predicted molar refractivity (Wildman–Crippen MR) is 69.7 cm³/mol. The molecule has 1 aliphatic carbocycles. The zero-order valence-electron chi connectivity index (χ0n) is 11.5. The average molecular weight is 227 g/mol. The van der Waals surface area contributed by atoms with Gasteiger partial charge in [0.05, 0.1) is 0 Å². The molecule has 0 spiro atoms. The van der Waals surface area contributed by atoms with E-state index in [1.807, 2.05) is 0 Å². The van der Waals surface area contributed by atoms with Crippen molar-refractivity contribution >= 4 is 0 Å². The number of ether oxygens (including phenoxy) is 1. The van der Waals surface area contributed by atoms with Crippen molar-refractivity contribution in [1.29, 1.82) is 0 Å². The van der Waals surface area contributed by atoms with Crippen molar-refractivity contribution in [3.8, 4) is 0 Å². The molecule has 1 unspecified atom stereocenters. The Morgan fingerprint density at radius 1 is 1.31 bits per heavy atom. The van der Waals surface area contributed by atoms with Crippen molar-refractivity contribution in [2.45, 2.75) is 59.4 Å².